The highest BCUT2D eigenvalue weighted by Crippen LogP contribution is 2.20. The third-order valence-corrected chi connectivity index (χ3v) is 5.50. The summed E-state index contributed by atoms with van der Waals surface area (Å²) in [7, 11) is -3.53. The highest BCUT2D eigenvalue weighted by Gasteiger charge is 2.29. The van der Waals surface area contributed by atoms with Crippen LogP contribution >= 0.6 is 0 Å². The number of aromatic nitrogens is 4. The summed E-state index contributed by atoms with van der Waals surface area (Å²) in [5, 5.41) is 10.5. The van der Waals surface area contributed by atoms with E-state index in [0.29, 0.717) is 12.1 Å². The molecule has 2 aromatic rings. The Bertz CT molecular complexity index is 667. The summed E-state index contributed by atoms with van der Waals surface area (Å²) >= 11 is 0. The van der Waals surface area contributed by atoms with E-state index in [9.17, 15) is 8.42 Å². The van der Waals surface area contributed by atoms with Gasteiger partial charge >= 0.3 is 0 Å². The van der Waals surface area contributed by atoms with Crippen molar-refractivity contribution in [2.24, 2.45) is 0 Å². The van der Waals surface area contributed by atoms with Gasteiger partial charge in [0.05, 0.1) is 10.9 Å². The normalized spacial score (nSPS) is 13.2. The Balaban J connectivity index is 2.28. The summed E-state index contributed by atoms with van der Waals surface area (Å²) in [6, 6.07) is 9.04. The van der Waals surface area contributed by atoms with E-state index in [1.807, 2.05) is 18.2 Å². The van der Waals surface area contributed by atoms with Crippen LogP contribution in [0.5, 0.6) is 0 Å². The van der Waals surface area contributed by atoms with Gasteiger partial charge in [-0.05, 0) is 35.9 Å². The molecule has 0 spiro atoms. The standard InChI is InChI=1S/C14H20N4O2S/c1-3-4-6-9-12(2)21(19,20)14-15-16-17-18(14)13-10-7-5-8-11-13/h5,7-8,10-12H,3-4,6,9H2,1-2H3. The zero-order valence-electron chi connectivity index (χ0n) is 12.3. The van der Waals surface area contributed by atoms with Crippen LogP contribution in [-0.2, 0) is 9.84 Å². The van der Waals surface area contributed by atoms with Crippen molar-refractivity contribution in [3.8, 4) is 5.69 Å². The van der Waals surface area contributed by atoms with Gasteiger partial charge in [-0.15, -0.1) is 0 Å². The number of sulfone groups is 1. The van der Waals surface area contributed by atoms with Crippen LogP contribution in [0.15, 0.2) is 35.5 Å². The summed E-state index contributed by atoms with van der Waals surface area (Å²) in [6.45, 7) is 3.81. The molecule has 7 heteroatoms. The maximum absolute atomic E-state index is 12.6. The molecular weight excluding hydrogens is 288 g/mol. The van der Waals surface area contributed by atoms with Crippen LogP contribution < -0.4 is 0 Å². The fraction of sp³-hybridized carbons (Fsp3) is 0.500. The number of hydrogen-bond acceptors (Lipinski definition) is 5. The third kappa shape index (κ3) is 3.47. The molecule has 0 amide bonds. The second-order valence-electron chi connectivity index (χ2n) is 5.06. The topological polar surface area (TPSA) is 77.7 Å². The summed E-state index contributed by atoms with van der Waals surface area (Å²) in [5.41, 5.74) is 0.641. The third-order valence-electron chi connectivity index (χ3n) is 3.44. The largest absolute Gasteiger partial charge is 0.272 e. The molecule has 0 saturated heterocycles. The van der Waals surface area contributed by atoms with E-state index in [2.05, 4.69) is 22.4 Å². The van der Waals surface area contributed by atoms with Crippen molar-refractivity contribution in [3.63, 3.8) is 0 Å². The van der Waals surface area contributed by atoms with E-state index in [1.54, 1.807) is 19.1 Å². The van der Waals surface area contributed by atoms with Crippen LogP contribution in [0.4, 0.5) is 0 Å². The Hall–Kier alpha value is -1.76. The second-order valence-corrected chi connectivity index (χ2v) is 7.32. The van der Waals surface area contributed by atoms with Crippen LogP contribution in [0.25, 0.3) is 5.69 Å². The molecule has 0 N–H and O–H groups in total. The van der Waals surface area contributed by atoms with Crippen molar-refractivity contribution in [2.75, 3.05) is 0 Å². The number of nitrogens with zero attached hydrogens (tertiary/aromatic N) is 4. The fourth-order valence-corrected chi connectivity index (χ4v) is 3.47. The van der Waals surface area contributed by atoms with Crippen molar-refractivity contribution in [3.05, 3.63) is 30.3 Å². The van der Waals surface area contributed by atoms with Crippen molar-refractivity contribution >= 4 is 9.84 Å². The minimum absolute atomic E-state index is 0.0855. The van der Waals surface area contributed by atoms with Gasteiger partial charge in [0.15, 0.2) is 0 Å². The van der Waals surface area contributed by atoms with Crippen LogP contribution in [-0.4, -0.2) is 33.9 Å². The fourth-order valence-electron chi connectivity index (χ4n) is 2.10. The molecule has 0 saturated carbocycles. The number of hydrogen-bond donors (Lipinski definition) is 0. The molecule has 0 aliphatic rings. The molecule has 1 heterocycles. The van der Waals surface area contributed by atoms with E-state index in [4.69, 9.17) is 0 Å². The lowest BCUT2D eigenvalue weighted by Crippen LogP contribution is -2.22. The molecular formula is C14H20N4O2S. The molecule has 1 aromatic heterocycles. The van der Waals surface area contributed by atoms with E-state index in [-0.39, 0.29) is 5.16 Å². The summed E-state index contributed by atoms with van der Waals surface area (Å²) in [6.07, 6.45) is 3.61. The first-order valence-electron chi connectivity index (χ1n) is 7.15. The quantitative estimate of drug-likeness (QED) is 0.734. The monoisotopic (exact) mass is 308 g/mol. The number of rotatable bonds is 7. The molecule has 0 aliphatic heterocycles. The van der Waals surface area contributed by atoms with Gasteiger partial charge in [-0.2, -0.15) is 4.68 Å². The van der Waals surface area contributed by atoms with Crippen molar-refractivity contribution < 1.29 is 8.42 Å². The lowest BCUT2D eigenvalue weighted by atomic mass is 10.2. The van der Waals surface area contributed by atoms with E-state index >= 15 is 0 Å². The van der Waals surface area contributed by atoms with Gasteiger partial charge in [0.25, 0.3) is 5.16 Å². The first kappa shape index (κ1) is 15.6. The lowest BCUT2D eigenvalue weighted by Gasteiger charge is -2.12. The van der Waals surface area contributed by atoms with Gasteiger partial charge in [0.2, 0.25) is 9.84 Å². The average Bonchev–Trinajstić information content (AvgIpc) is 2.98. The highest BCUT2D eigenvalue weighted by atomic mass is 32.2. The SMILES string of the molecule is CCCCCC(C)S(=O)(=O)c1nnnn1-c1ccccc1. The zero-order chi connectivity index (χ0) is 15.3. The number of tetrazole rings is 1. The first-order chi connectivity index (χ1) is 10.1. The van der Waals surface area contributed by atoms with E-state index < -0.39 is 15.1 Å². The second kappa shape index (κ2) is 6.80. The maximum atomic E-state index is 12.6. The average molecular weight is 308 g/mol. The zero-order valence-corrected chi connectivity index (χ0v) is 13.1. The Kier molecular flexibility index (Phi) is 5.06. The number of para-hydroxylation sites is 1. The Morgan fingerprint density at radius 1 is 1.19 bits per heavy atom. The predicted molar refractivity (Wildman–Crippen MR) is 79.9 cm³/mol. The molecule has 0 fully saturated rings. The summed E-state index contributed by atoms with van der Waals surface area (Å²) in [4.78, 5) is 0. The Morgan fingerprint density at radius 3 is 2.57 bits per heavy atom. The Morgan fingerprint density at radius 2 is 1.90 bits per heavy atom. The van der Waals surface area contributed by atoms with Crippen molar-refractivity contribution in [1.82, 2.24) is 20.2 Å². The lowest BCUT2D eigenvalue weighted by molar-refractivity contribution is 0.553. The van der Waals surface area contributed by atoms with Gasteiger partial charge in [-0.3, -0.25) is 0 Å². The predicted octanol–water partition coefficient (Wildman–Crippen LogP) is 2.40. The van der Waals surface area contributed by atoms with Crippen LogP contribution in [0.1, 0.15) is 39.5 Å². The molecule has 0 radical (unpaired) electrons. The van der Waals surface area contributed by atoms with Crippen LogP contribution in [0.3, 0.4) is 0 Å². The highest BCUT2D eigenvalue weighted by molar-refractivity contribution is 7.91. The van der Waals surface area contributed by atoms with Gasteiger partial charge in [0, 0.05) is 0 Å². The van der Waals surface area contributed by atoms with E-state index in [1.165, 1.54) is 4.68 Å². The van der Waals surface area contributed by atoms with Crippen molar-refractivity contribution in [2.45, 2.75) is 49.9 Å². The summed E-state index contributed by atoms with van der Waals surface area (Å²) < 4.78 is 26.5. The molecule has 1 aromatic carbocycles. The molecule has 0 aliphatic carbocycles. The first-order valence-corrected chi connectivity index (χ1v) is 8.69. The van der Waals surface area contributed by atoms with Gasteiger partial charge in [-0.1, -0.05) is 49.5 Å². The summed E-state index contributed by atoms with van der Waals surface area (Å²) in [5.74, 6) is 0. The molecule has 1 atom stereocenters. The molecule has 0 bridgehead atoms. The van der Waals surface area contributed by atoms with Gasteiger partial charge < -0.3 is 0 Å². The molecule has 1 unspecified atom stereocenters. The maximum Gasteiger partial charge on any atom is 0.272 e. The van der Waals surface area contributed by atoms with Crippen molar-refractivity contribution in [1.29, 1.82) is 0 Å². The molecule has 2 rings (SSSR count). The smallest absolute Gasteiger partial charge is 0.220 e. The minimum Gasteiger partial charge on any atom is -0.220 e. The van der Waals surface area contributed by atoms with E-state index in [0.717, 1.165) is 19.3 Å². The van der Waals surface area contributed by atoms with Gasteiger partial charge in [0.1, 0.15) is 0 Å². The minimum atomic E-state index is -3.53. The molecule has 21 heavy (non-hydrogen) atoms. The number of unbranched alkanes of at least 4 members (excludes halogenated alkanes) is 2. The van der Waals surface area contributed by atoms with Gasteiger partial charge in [-0.25, -0.2) is 8.42 Å². The molecule has 6 nitrogen and oxygen atoms in total. The molecule has 114 valence electrons. The number of benzene rings is 1. The Labute approximate surface area is 125 Å². The van der Waals surface area contributed by atoms with Crippen LogP contribution in [0, 0.1) is 0 Å². The van der Waals surface area contributed by atoms with Crippen LogP contribution in [0.2, 0.25) is 0 Å².